The molecule has 2 fully saturated rings. The van der Waals surface area contributed by atoms with Crippen LogP contribution in [0.3, 0.4) is 0 Å². The molecule has 2 aromatic rings. The number of piperidine rings is 1. The predicted octanol–water partition coefficient (Wildman–Crippen LogP) is 5.74. The number of benzene rings is 1. The molecule has 43 heavy (non-hydrogen) atoms. The number of nitrogens with zero attached hydrogens (tertiary/aromatic N) is 4. The fraction of sp³-hybridized carbons (Fsp3) is 0.559. The molecular weight excluding hydrogens is 542 g/mol. The van der Waals surface area contributed by atoms with E-state index in [1.807, 2.05) is 17.0 Å². The molecule has 2 aliphatic heterocycles. The minimum Gasteiger partial charge on any atom is -0.491 e. The Labute approximate surface area is 254 Å². The average Bonchev–Trinajstić information content (AvgIpc) is 3.79. The molecule has 1 saturated heterocycles. The SMILES string of the molecule is CCOC(=O)CCCOc1c(N2CCC(C#N)CC2)cc(C(=O)CN2Cc3ccc(C4CC4)nc3C2=N)cc1C(C)(C)C. The number of ketones is 1. The molecule has 0 bridgehead atoms. The second-order valence-electron chi connectivity index (χ2n) is 12.9. The summed E-state index contributed by atoms with van der Waals surface area (Å²) in [6, 6.07) is 10.4. The summed E-state index contributed by atoms with van der Waals surface area (Å²) in [6.45, 7) is 10.8. The number of nitrogens with one attached hydrogen (secondary N) is 1. The highest BCUT2D eigenvalue weighted by Gasteiger charge is 2.33. The van der Waals surface area contributed by atoms with E-state index in [2.05, 4.69) is 43.9 Å². The number of hydrogen-bond acceptors (Lipinski definition) is 8. The molecule has 3 heterocycles. The van der Waals surface area contributed by atoms with Crippen molar-refractivity contribution in [2.45, 2.75) is 84.1 Å². The van der Waals surface area contributed by atoms with E-state index in [-0.39, 0.29) is 36.1 Å². The number of carbonyl (C=O) groups excluding carboxylic acids is 2. The molecule has 1 aliphatic carbocycles. The third-order valence-electron chi connectivity index (χ3n) is 8.53. The van der Waals surface area contributed by atoms with Crippen LogP contribution in [0.1, 0.15) is 105 Å². The molecule has 0 spiro atoms. The lowest BCUT2D eigenvalue weighted by atomic mass is 9.84. The van der Waals surface area contributed by atoms with Gasteiger partial charge in [-0.1, -0.05) is 26.8 Å². The fourth-order valence-corrected chi connectivity index (χ4v) is 5.87. The minimum atomic E-state index is -0.327. The Kier molecular flexibility index (Phi) is 9.05. The van der Waals surface area contributed by atoms with E-state index in [0.29, 0.717) is 62.3 Å². The number of pyridine rings is 1. The maximum absolute atomic E-state index is 13.9. The zero-order chi connectivity index (χ0) is 30.7. The van der Waals surface area contributed by atoms with Crippen molar-refractivity contribution < 1.29 is 19.1 Å². The van der Waals surface area contributed by atoms with Crippen molar-refractivity contribution in [3.63, 3.8) is 0 Å². The summed E-state index contributed by atoms with van der Waals surface area (Å²) in [7, 11) is 0. The summed E-state index contributed by atoms with van der Waals surface area (Å²) in [5.74, 6) is 1.26. The van der Waals surface area contributed by atoms with Crippen molar-refractivity contribution in [1.82, 2.24) is 9.88 Å². The minimum absolute atomic E-state index is 0.0222. The molecule has 3 aliphatic rings. The molecule has 0 radical (unpaired) electrons. The predicted molar refractivity (Wildman–Crippen MR) is 165 cm³/mol. The molecule has 9 heteroatoms. The lowest BCUT2D eigenvalue weighted by Gasteiger charge is -2.35. The van der Waals surface area contributed by atoms with E-state index in [1.165, 1.54) is 0 Å². The van der Waals surface area contributed by atoms with Crippen LogP contribution in [-0.2, 0) is 21.5 Å². The smallest absolute Gasteiger partial charge is 0.305 e. The van der Waals surface area contributed by atoms with Crippen LogP contribution in [-0.4, -0.2) is 60.3 Å². The number of amidine groups is 1. The Hall–Kier alpha value is -3.93. The zero-order valence-corrected chi connectivity index (χ0v) is 25.9. The number of carbonyl (C=O) groups is 2. The highest BCUT2D eigenvalue weighted by atomic mass is 16.5. The van der Waals surface area contributed by atoms with Gasteiger partial charge in [0.25, 0.3) is 0 Å². The first-order valence-corrected chi connectivity index (χ1v) is 15.6. The van der Waals surface area contributed by atoms with Crippen LogP contribution in [0.5, 0.6) is 5.75 Å². The second kappa shape index (κ2) is 12.7. The van der Waals surface area contributed by atoms with Crippen LogP contribution in [0.25, 0.3) is 0 Å². The number of anilines is 1. The van der Waals surface area contributed by atoms with E-state index in [4.69, 9.17) is 19.9 Å². The third kappa shape index (κ3) is 7.01. The number of rotatable bonds is 11. The lowest BCUT2D eigenvalue weighted by Crippen LogP contribution is -2.34. The molecule has 1 saturated carbocycles. The van der Waals surface area contributed by atoms with Gasteiger partial charge in [-0.25, -0.2) is 4.98 Å². The maximum Gasteiger partial charge on any atom is 0.305 e. The Bertz CT molecular complexity index is 1430. The molecule has 9 nitrogen and oxygen atoms in total. The second-order valence-corrected chi connectivity index (χ2v) is 12.9. The van der Waals surface area contributed by atoms with E-state index in [0.717, 1.165) is 53.9 Å². The summed E-state index contributed by atoms with van der Waals surface area (Å²) in [6.07, 6.45) is 4.60. The molecule has 1 aromatic carbocycles. The number of nitriles is 1. The molecule has 5 rings (SSSR count). The van der Waals surface area contributed by atoms with Gasteiger partial charge >= 0.3 is 5.97 Å². The Morgan fingerprint density at radius 1 is 1.14 bits per heavy atom. The van der Waals surface area contributed by atoms with Crippen LogP contribution in [0.4, 0.5) is 5.69 Å². The molecule has 1 N–H and O–H groups in total. The van der Waals surface area contributed by atoms with Gasteiger partial charge in [0.05, 0.1) is 31.5 Å². The summed E-state index contributed by atoms with van der Waals surface area (Å²) in [5, 5.41) is 18.3. The van der Waals surface area contributed by atoms with Crippen LogP contribution in [0.15, 0.2) is 24.3 Å². The quantitative estimate of drug-likeness (QED) is 0.201. The summed E-state index contributed by atoms with van der Waals surface area (Å²) < 4.78 is 11.5. The Morgan fingerprint density at radius 2 is 1.88 bits per heavy atom. The zero-order valence-electron chi connectivity index (χ0n) is 25.9. The van der Waals surface area contributed by atoms with Gasteiger partial charge in [0.15, 0.2) is 5.78 Å². The maximum atomic E-state index is 13.9. The van der Waals surface area contributed by atoms with Crippen molar-refractivity contribution in [3.05, 3.63) is 52.3 Å². The highest BCUT2D eigenvalue weighted by molar-refractivity contribution is 6.05. The highest BCUT2D eigenvalue weighted by Crippen LogP contribution is 2.42. The van der Waals surface area contributed by atoms with Gasteiger partial charge < -0.3 is 19.3 Å². The first-order valence-electron chi connectivity index (χ1n) is 15.6. The standard InChI is InChI=1S/C34H43N5O4/c1-5-42-30(41)7-6-16-43-32-26(34(2,3)4)17-25(18-28(32)38-14-12-22(19-35)13-15-38)29(40)21-39-20-24-10-11-27(23-8-9-23)37-31(24)33(39)36/h10-11,17-18,22-23,36H,5-9,12-16,20-21H2,1-4H3. The fourth-order valence-electron chi connectivity index (χ4n) is 5.87. The molecule has 1 aromatic heterocycles. The van der Waals surface area contributed by atoms with E-state index < -0.39 is 0 Å². The van der Waals surface area contributed by atoms with Gasteiger partial charge in [-0.05, 0) is 62.6 Å². The number of Topliss-reactive ketones (excluding diaryl/α,β-unsaturated/α-hetero) is 1. The number of ether oxygens (including phenoxy) is 2. The third-order valence-corrected chi connectivity index (χ3v) is 8.53. The lowest BCUT2D eigenvalue weighted by molar-refractivity contribution is -0.143. The van der Waals surface area contributed by atoms with Crippen LogP contribution in [0, 0.1) is 22.7 Å². The molecule has 228 valence electrons. The summed E-state index contributed by atoms with van der Waals surface area (Å²) >= 11 is 0. The van der Waals surface area contributed by atoms with E-state index >= 15 is 0 Å². The molecular formula is C34H43N5O4. The first kappa shape index (κ1) is 30.5. The summed E-state index contributed by atoms with van der Waals surface area (Å²) in [5.41, 5.74) is 4.75. The van der Waals surface area contributed by atoms with Crippen molar-refractivity contribution in [1.29, 1.82) is 10.7 Å². The monoisotopic (exact) mass is 585 g/mol. The van der Waals surface area contributed by atoms with Crippen molar-refractivity contribution >= 4 is 23.3 Å². The number of aromatic nitrogens is 1. The summed E-state index contributed by atoms with van der Waals surface area (Å²) in [4.78, 5) is 34.6. The number of hydrogen-bond donors (Lipinski definition) is 1. The van der Waals surface area contributed by atoms with Crippen LogP contribution >= 0.6 is 0 Å². The van der Waals surface area contributed by atoms with Crippen molar-refractivity contribution in [2.24, 2.45) is 5.92 Å². The number of fused-ring (bicyclic) bond motifs is 1. The van der Waals surface area contributed by atoms with Gasteiger partial charge in [0.1, 0.15) is 17.3 Å². The van der Waals surface area contributed by atoms with Gasteiger partial charge in [-0.2, -0.15) is 5.26 Å². The topological polar surface area (TPSA) is 120 Å². The van der Waals surface area contributed by atoms with Gasteiger partial charge in [0.2, 0.25) is 0 Å². The molecule has 0 atom stereocenters. The largest absolute Gasteiger partial charge is 0.491 e. The average molecular weight is 586 g/mol. The van der Waals surface area contributed by atoms with E-state index in [1.54, 1.807) is 6.92 Å². The van der Waals surface area contributed by atoms with Crippen molar-refractivity contribution in [3.8, 4) is 11.8 Å². The van der Waals surface area contributed by atoms with Crippen LogP contribution in [0.2, 0.25) is 0 Å². The molecule has 0 unspecified atom stereocenters. The number of esters is 1. The Balaban J connectivity index is 1.40. The normalized spacial score (nSPS) is 17.0. The first-order chi connectivity index (χ1) is 20.6. The Morgan fingerprint density at radius 3 is 2.53 bits per heavy atom. The van der Waals surface area contributed by atoms with Gasteiger partial charge in [-0.15, -0.1) is 0 Å². The molecule has 0 amide bonds. The van der Waals surface area contributed by atoms with Gasteiger partial charge in [-0.3, -0.25) is 15.0 Å². The van der Waals surface area contributed by atoms with Crippen LogP contribution < -0.4 is 9.64 Å². The van der Waals surface area contributed by atoms with Gasteiger partial charge in [0, 0.05) is 60.3 Å². The van der Waals surface area contributed by atoms with E-state index in [9.17, 15) is 14.9 Å². The van der Waals surface area contributed by atoms with Crippen molar-refractivity contribution in [2.75, 3.05) is 37.7 Å².